The fraction of sp³-hybridized carbons (Fsp3) is 0.375. The summed E-state index contributed by atoms with van der Waals surface area (Å²) in [5.41, 5.74) is -0.413. The summed E-state index contributed by atoms with van der Waals surface area (Å²) in [6, 6.07) is 9.28. The number of likely N-dealkylation sites (tertiary alicyclic amines) is 1. The van der Waals surface area contributed by atoms with Gasteiger partial charge < -0.3 is 0 Å². The Morgan fingerprint density at radius 3 is 2.56 bits per heavy atom. The van der Waals surface area contributed by atoms with Crippen LogP contribution in [0.4, 0.5) is 5.69 Å². The SMILES string of the molecule is O=[N+]([O-])c1ccccc1S(=O)(=O)NCC(c1cccs1)N1CCCC1. The molecule has 0 radical (unpaired) electrons. The number of nitro benzene ring substituents is 1. The molecule has 0 amide bonds. The first-order chi connectivity index (χ1) is 12.0. The first-order valence-corrected chi connectivity index (χ1v) is 10.4. The molecule has 1 aliphatic heterocycles. The lowest BCUT2D eigenvalue weighted by molar-refractivity contribution is -0.387. The quantitative estimate of drug-likeness (QED) is 0.588. The molecular formula is C16H19N3O4S2. The molecule has 1 saturated heterocycles. The number of nitrogens with zero attached hydrogens (tertiary/aromatic N) is 2. The molecule has 2 aromatic rings. The second kappa shape index (κ2) is 7.61. The van der Waals surface area contributed by atoms with Crippen LogP contribution in [0.2, 0.25) is 0 Å². The Morgan fingerprint density at radius 2 is 1.92 bits per heavy atom. The van der Waals surface area contributed by atoms with Crippen LogP contribution in [-0.2, 0) is 10.0 Å². The number of hydrogen-bond donors (Lipinski definition) is 1. The van der Waals surface area contributed by atoms with Crippen LogP contribution in [0.25, 0.3) is 0 Å². The lowest BCUT2D eigenvalue weighted by Gasteiger charge is -2.26. The van der Waals surface area contributed by atoms with Gasteiger partial charge in [-0.3, -0.25) is 15.0 Å². The molecule has 1 unspecified atom stereocenters. The van der Waals surface area contributed by atoms with Crippen molar-refractivity contribution in [2.75, 3.05) is 19.6 Å². The van der Waals surface area contributed by atoms with Crippen LogP contribution >= 0.6 is 11.3 Å². The first-order valence-electron chi connectivity index (χ1n) is 7.99. The smallest absolute Gasteiger partial charge is 0.289 e. The van der Waals surface area contributed by atoms with Gasteiger partial charge in [-0.2, -0.15) is 0 Å². The highest BCUT2D eigenvalue weighted by molar-refractivity contribution is 7.89. The highest BCUT2D eigenvalue weighted by Gasteiger charge is 2.29. The normalized spacial score (nSPS) is 16.8. The number of nitrogens with one attached hydrogen (secondary N) is 1. The van der Waals surface area contributed by atoms with E-state index in [0.29, 0.717) is 0 Å². The zero-order valence-corrected chi connectivity index (χ0v) is 15.1. The predicted octanol–water partition coefficient (Wildman–Crippen LogP) is 2.77. The molecular weight excluding hydrogens is 362 g/mol. The van der Waals surface area contributed by atoms with Gasteiger partial charge in [0.1, 0.15) is 0 Å². The number of benzene rings is 1. The van der Waals surface area contributed by atoms with Gasteiger partial charge in [0.2, 0.25) is 10.0 Å². The summed E-state index contributed by atoms with van der Waals surface area (Å²) >= 11 is 1.59. The van der Waals surface area contributed by atoms with Crippen molar-refractivity contribution in [3.63, 3.8) is 0 Å². The van der Waals surface area contributed by atoms with E-state index < -0.39 is 20.6 Å². The second-order valence-corrected chi connectivity index (χ2v) is 8.57. The van der Waals surface area contributed by atoms with E-state index in [9.17, 15) is 18.5 Å². The summed E-state index contributed by atoms with van der Waals surface area (Å²) in [6.45, 7) is 2.04. The van der Waals surface area contributed by atoms with Crippen LogP contribution in [0, 0.1) is 10.1 Å². The summed E-state index contributed by atoms with van der Waals surface area (Å²) < 4.78 is 27.8. The van der Waals surface area contributed by atoms with Crippen molar-refractivity contribution < 1.29 is 13.3 Å². The molecule has 1 aromatic heterocycles. The maximum Gasteiger partial charge on any atom is 0.289 e. The highest BCUT2D eigenvalue weighted by atomic mass is 32.2. The molecule has 1 aromatic carbocycles. The minimum Gasteiger partial charge on any atom is -0.294 e. The van der Waals surface area contributed by atoms with E-state index in [4.69, 9.17) is 0 Å². The highest BCUT2D eigenvalue weighted by Crippen LogP contribution is 2.29. The van der Waals surface area contributed by atoms with Crippen LogP contribution < -0.4 is 4.72 Å². The Hall–Kier alpha value is -1.81. The standard InChI is InChI=1S/C16H19N3O4S2/c20-19(21)13-6-1-2-8-16(13)25(22,23)17-12-14(15-7-5-11-24-15)18-9-3-4-10-18/h1-2,5-8,11,14,17H,3-4,9-10,12H2. The number of hydrogen-bond acceptors (Lipinski definition) is 6. The van der Waals surface area contributed by atoms with E-state index in [2.05, 4.69) is 9.62 Å². The molecule has 0 spiro atoms. The van der Waals surface area contributed by atoms with Crippen molar-refractivity contribution in [2.24, 2.45) is 0 Å². The third kappa shape index (κ3) is 4.06. The van der Waals surface area contributed by atoms with Crippen LogP contribution in [0.15, 0.2) is 46.7 Å². The van der Waals surface area contributed by atoms with Gasteiger partial charge in [-0.15, -0.1) is 11.3 Å². The maximum atomic E-state index is 12.6. The van der Waals surface area contributed by atoms with Crippen molar-refractivity contribution in [1.29, 1.82) is 0 Å². The van der Waals surface area contributed by atoms with Crippen LogP contribution in [0.3, 0.4) is 0 Å². The molecule has 3 rings (SSSR count). The Bertz CT molecular complexity index is 831. The van der Waals surface area contributed by atoms with Crippen molar-refractivity contribution >= 4 is 27.0 Å². The van der Waals surface area contributed by atoms with Crippen molar-refractivity contribution in [3.8, 4) is 0 Å². The summed E-state index contributed by atoms with van der Waals surface area (Å²) in [7, 11) is -3.97. The third-order valence-corrected chi connectivity index (χ3v) is 6.72. The van der Waals surface area contributed by atoms with Gasteiger partial charge in [-0.05, 0) is 43.4 Å². The monoisotopic (exact) mass is 381 g/mol. The summed E-state index contributed by atoms with van der Waals surface area (Å²) in [4.78, 5) is 13.5. The molecule has 1 N–H and O–H groups in total. The Morgan fingerprint density at radius 1 is 1.20 bits per heavy atom. The molecule has 1 atom stereocenters. The molecule has 0 saturated carbocycles. The molecule has 1 fully saturated rings. The van der Waals surface area contributed by atoms with Crippen LogP contribution in [-0.4, -0.2) is 37.9 Å². The third-order valence-electron chi connectivity index (χ3n) is 4.27. The van der Waals surface area contributed by atoms with Gasteiger partial charge in [0.25, 0.3) is 5.69 Å². The molecule has 0 bridgehead atoms. The molecule has 2 heterocycles. The van der Waals surface area contributed by atoms with Gasteiger partial charge >= 0.3 is 0 Å². The lowest BCUT2D eigenvalue weighted by Crippen LogP contribution is -2.36. The average Bonchev–Trinajstić information content (AvgIpc) is 3.29. The van der Waals surface area contributed by atoms with Crippen molar-refractivity contribution in [3.05, 3.63) is 56.8 Å². The summed E-state index contributed by atoms with van der Waals surface area (Å²) in [5.74, 6) is 0. The van der Waals surface area contributed by atoms with Gasteiger partial charge in [-0.1, -0.05) is 18.2 Å². The van der Waals surface area contributed by atoms with Crippen LogP contribution in [0.5, 0.6) is 0 Å². The van der Waals surface area contributed by atoms with Gasteiger partial charge in [0.15, 0.2) is 4.90 Å². The largest absolute Gasteiger partial charge is 0.294 e. The Labute approximate surface area is 150 Å². The minimum atomic E-state index is -3.97. The number of nitro groups is 1. The number of thiophene rings is 1. The molecule has 0 aliphatic carbocycles. The van der Waals surface area contributed by atoms with E-state index in [0.717, 1.165) is 30.8 Å². The van der Waals surface area contributed by atoms with E-state index in [1.807, 2.05) is 17.5 Å². The van der Waals surface area contributed by atoms with Gasteiger partial charge in [-0.25, -0.2) is 13.1 Å². The van der Waals surface area contributed by atoms with Crippen molar-refractivity contribution in [1.82, 2.24) is 9.62 Å². The topological polar surface area (TPSA) is 92.5 Å². The number of para-hydroxylation sites is 1. The van der Waals surface area contributed by atoms with Crippen LogP contribution in [0.1, 0.15) is 23.8 Å². The minimum absolute atomic E-state index is 0.0555. The van der Waals surface area contributed by atoms with E-state index in [1.54, 1.807) is 11.3 Å². The van der Waals surface area contributed by atoms with E-state index >= 15 is 0 Å². The second-order valence-electron chi connectivity index (χ2n) is 5.85. The lowest BCUT2D eigenvalue weighted by atomic mass is 10.2. The zero-order chi connectivity index (χ0) is 17.9. The molecule has 1 aliphatic rings. The summed E-state index contributed by atoms with van der Waals surface area (Å²) in [6.07, 6.45) is 2.19. The fourth-order valence-corrected chi connectivity index (χ4v) is 5.11. The Kier molecular flexibility index (Phi) is 5.48. The Balaban J connectivity index is 1.81. The average molecular weight is 381 g/mol. The number of sulfonamides is 1. The first kappa shape index (κ1) is 18.0. The molecule has 134 valence electrons. The van der Waals surface area contributed by atoms with Gasteiger partial charge in [0.05, 0.1) is 11.0 Å². The van der Waals surface area contributed by atoms with Crippen molar-refractivity contribution in [2.45, 2.75) is 23.8 Å². The molecule has 7 nitrogen and oxygen atoms in total. The van der Waals surface area contributed by atoms with Gasteiger partial charge in [0, 0.05) is 17.5 Å². The molecule has 9 heteroatoms. The summed E-state index contributed by atoms with van der Waals surface area (Å²) in [5, 5.41) is 13.1. The zero-order valence-electron chi connectivity index (χ0n) is 13.5. The fourth-order valence-electron chi connectivity index (χ4n) is 3.05. The maximum absolute atomic E-state index is 12.6. The van der Waals surface area contributed by atoms with E-state index in [-0.39, 0.29) is 17.5 Å². The predicted molar refractivity (Wildman–Crippen MR) is 96.2 cm³/mol. The number of rotatable bonds is 7. The molecule has 25 heavy (non-hydrogen) atoms. The van der Waals surface area contributed by atoms with E-state index in [1.165, 1.54) is 24.3 Å².